The van der Waals surface area contributed by atoms with Crippen molar-refractivity contribution in [2.45, 2.75) is 43.6 Å². The van der Waals surface area contributed by atoms with Gasteiger partial charge in [0.15, 0.2) is 0 Å². The fourth-order valence-electron chi connectivity index (χ4n) is 4.36. The van der Waals surface area contributed by atoms with Gasteiger partial charge in [0.2, 0.25) is 0 Å². The molecule has 39 heavy (non-hydrogen) atoms. The topological polar surface area (TPSA) is 149 Å². The van der Waals surface area contributed by atoms with Gasteiger partial charge in [0, 0.05) is 54.6 Å². The fourth-order valence-corrected chi connectivity index (χ4v) is 6.02. The van der Waals surface area contributed by atoms with E-state index in [2.05, 4.69) is 15.3 Å². The number of amides is 1. The van der Waals surface area contributed by atoms with Crippen LogP contribution in [0.25, 0.3) is 10.9 Å². The minimum Gasteiger partial charge on any atom is -0.475 e. The summed E-state index contributed by atoms with van der Waals surface area (Å²) in [5.74, 6) is -2.26. The molecule has 212 valence electrons. The Morgan fingerprint density at radius 1 is 1.26 bits per heavy atom. The van der Waals surface area contributed by atoms with Crippen LogP contribution >= 0.6 is 11.6 Å². The number of H-pyrrole nitrogens is 1. The van der Waals surface area contributed by atoms with Gasteiger partial charge in [-0.2, -0.15) is 17.5 Å². The van der Waals surface area contributed by atoms with Crippen LogP contribution in [0.5, 0.6) is 0 Å². The Balaban J connectivity index is 0.000000448. The molecule has 0 aliphatic carbocycles. The van der Waals surface area contributed by atoms with Gasteiger partial charge in [0.25, 0.3) is 15.9 Å². The summed E-state index contributed by atoms with van der Waals surface area (Å²) in [6, 6.07) is 6.52. The second kappa shape index (κ2) is 11.2. The highest BCUT2D eigenvalue weighted by molar-refractivity contribution is 7.89. The molecule has 4 heterocycles. The third kappa shape index (κ3) is 6.21. The number of nitrogens with one attached hydrogen (secondary N) is 2. The van der Waals surface area contributed by atoms with Crippen LogP contribution in [0.2, 0.25) is 5.02 Å². The molecule has 1 unspecified atom stereocenters. The first kappa shape index (κ1) is 28.9. The number of carboxylic acids is 1. The number of oxazole rings is 1. The highest BCUT2D eigenvalue weighted by Gasteiger charge is 2.39. The summed E-state index contributed by atoms with van der Waals surface area (Å²) in [4.78, 5) is 31.1. The molecule has 1 fully saturated rings. The maximum Gasteiger partial charge on any atom is 0.490 e. The van der Waals surface area contributed by atoms with Crippen molar-refractivity contribution >= 4 is 44.4 Å². The summed E-state index contributed by atoms with van der Waals surface area (Å²) < 4.78 is 65.5. The zero-order valence-corrected chi connectivity index (χ0v) is 22.2. The number of piperazine rings is 1. The van der Waals surface area contributed by atoms with E-state index in [0.29, 0.717) is 29.3 Å². The molecule has 0 bridgehead atoms. The minimum absolute atomic E-state index is 0.0842. The number of carbonyl (C=O) groups is 2. The lowest BCUT2D eigenvalue weighted by molar-refractivity contribution is -0.192. The number of nitrogens with zero attached hydrogens (tertiary/aromatic N) is 3. The number of hydrogen-bond acceptors (Lipinski definition) is 7. The molecule has 11 nitrogen and oxygen atoms in total. The molecule has 2 aromatic heterocycles. The van der Waals surface area contributed by atoms with Crippen molar-refractivity contribution in [3.8, 4) is 0 Å². The van der Waals surface area contributed by atoms with Gasteiger partial charge in [-0.25, -0.2) is 18.2 Å². The number of rotatable bonds is 4. The largest absolute Gasteiger partial charge is 0.490 e. The number of hydrogen-bond donors (Lipinski definition) is 3. The number of carboxylic acid groups (broad SMARTS) is 1. The normalized spacial score (nSPS) is 18.4. The molecular formula is C23H25ClF3N5O6S. The Morgan fingerprint density at radius 3 is 2.62 bits per heavy atom. The summed E-state index contributed by atoms with van der Waals surface area (Å²) >= 11 is 6.03. The number of halogens is 4. The Labute approximate surface area is 226 Å². The number of alkyl halides is 3. The predicted octanol–water partition coefficient (Wildman–Crippen LogP) is 3.01. The summed E-state index contributed by atoms with van der Waals surface area (Å²) in [6.07, 6.45) is -3.74. The van der Waals surface area contributed by atoms with E-state index in [1.54, 1.807) is 29.2 Å². The second-order valence-electron chi connectivity index (χ2n) is 8.91. The van der Waals surface area contributed by atoms with Crippen LogP contribution in [0.4, 0.5) is 13.2 Å². The molecule has 2 aliphatic rings. The molecule has 1 saturated heterocycles. The van der Waals surface area contributed by atoms with Crippen LogP contribution in [0.1, 0.15) is 35.5 Å². The van der Waals surface area contributed by atoms with E-state index < -0.39 is 22.2 Å². The molecule has 1 amide bonds. The molecule has 3 N–H and O–H groups in total. The van der Waals surface area contributed by atoms with Crippen molar-refractivity contribution in [3.63, 3.8) is 0 Å². The number of fused-ring (bicyclic) bond motifs is 2. The molecule has 1 atom stereocenters. The Bertz CT molecular complexity index is 1470. The number of benzene rings is 1. The summed E-state index contributed by atoms with van der Waals surface area (Å²) in [5.41, 5.74) is 1.52. The van der Waals surface area contributed by atoms with Gasteiger partial charge >= 0.3 is 18.1 Å². The molecule has 0 radical (unpaired) electrons. The maximum absolute atomic E-state index is 13.3. The van der Waals surface area contributed by atoms with Gasteiger partial charge in [0.1, 0.15) is 10.8 Å². The molecule has 0 spiro atoms. The van der Waals surface area contributed by atoms with E-state index in [1.807, 2.05) is 6.92 Å². The van der Waals surface area contributed by atoms with Crippen LogP contribution in [-0.4, -0.2) is 83.0 Å². The Hall–Kier alpha value is -3.14. The molecule has 2 aliphatic heterocycles. The van der Waals surface area contributed by atoms with E-state index in [4.69, 9.17) is 25.9 Å². The van der Waals surface area contributed by atoms with Crippen LogP contribution in [0.3, 0.4) is 0 Å². The van der Waals surface area contributed by atoms with E-state index >= 15 is 0 Å². The first-order valence-electron chi connectivity index (χ1n) is 11.9. The highest BCUT2D eigenvalue weighted by atomic mass is 35.5. The number of sulfonamides is 1. The van der Waals surface area contributed by atoms with Crippen molar-refractivity contribution < 1.29 is 40.7 Å². The van der Waals surface area contributed by atoms with Crippen molar-refractivity contribution in [3.05, 3.63) is 46.6 Å². The monoisotopic (exact) mass is 591 g/mol. The standard InChI is InChI=1S/C21H24ClN5O4S.C2HF3O2/c1-2-15-12-26(32(29,30)19-10-13-9-14(22)3-4-16(13)24-19)7-8-27(15)21(28)20-25-17-5-6-23-11-18(17)31-20;3-2(4,5)1(6)7/h3-4,9-10,15,23-24H,2,5-8,11-12H2,1H3;(H,6,7). The zero-order chi connectivity index (χ0) is 28.5. The number of aromatic amines is 1. The smallest absolute Gasteiger partial charge is 0.475 e. The third-order valence-corrected chi connectivity index (χ3v) is 8.40. The first-order valence-corrected chi connectivity index (χ1v) is 13.7. The first-order chi connectivity index (χ1) is 18.3. The van der Waals surface area contributed by atoms with Crippen molar-refractivity contribution in [1.82, 2.24) is 24.5 Å². The van der Waals surface area contributed by atoms with Crippen LogP contribution in [0, 0.1) is 0 Å². The number of carbonyl (C=O) groups excluding carboxylic acids is 1. The summed E-state index contributed by atoms with van der Waals surface area (Å²) in [6.45, 7) is 3.99. The minimum atomic E-state index is -5.08. The van der Waals surface area contributed by atoms with E-state index in [-0.39, 0.29) is 42.5 Å². The molecule has 16 heteroatoms. The van der Waals surface area contributed by atoms with Gasteiger partial charge in [-0.1, -0.05) is 18.5 Å². The fraction of sp³-hybridized carbons (Fsp3) is 0.435. The highest BCUT2D eigenvalue weighted by Crippen LogP contribution is 2.27. The maximum atomic E-state index is 13.3. The van der Waals surface area contributed by atoms with Gasteiger partial charge < -0.3 is 24.7 Å². The van der Waals surface area contributed by atoms with Crippen molar-refractivity contribution in [2.75, 3.05) is 26.2 Å². The van der Waals surface area contributed by atoms with Gasteiger partial charge in [-0.05, 0) is 30.7 Å². The second-order valence-corrected chi connectivity index (χ2v) is 11.3. The lowest BCUT2D eigenvalue weighted by Crippen LogP contribution is -2.56. The average molecular weight is 592 g/mol. The van der Waals surface area contributed by atoms with Crippen LogP contribution in [0.15, 0.2) is 33.7 Å². The molecule has 3 aromatic rings. The zero-order valence-electron chi connectivity index (χ0n) is 20.6. The Morgan fingerprint density at radius 2 is 1.97 bits per heavy atom. The average Bonchev–Trinajstić information content (AvgIpc) is 3.52. The van der Waals surface area contributed by atoms with E-state index in [9.17, 15) is 26.4 Å². The summed E-state index contributed by atoms with van der Waals surface area (Å²) in [5, 5.41) is 11.7. The molecular weight excluding hydrogens is 567 g/mol. The van der Waals surface area contributed by atoms with Crippen LogP contribution < -0.4 is 5.32 Å². The SMILES string of the molecule is CCC1CN(S(=O)(=O)c2cc3cc(Cl)ccc3[nH]2)CCN1C(=O)c1nc2c(o1)CNCC2.O=C(O)C(F)(F)F. The number of aromatic nitrogens is 2. The van der Waals surface area contributed by atoms with Gasteiger partial charge in [0.05, 0.1) is 12.2 Å². The number of aliphatic carboxylic acids is 1. The third-order valence-electron chi connectivity index (χ3n) is 6.38. The van der Waals surface area contributed by atoms with E-state index in [1.165, 1.54) is 4.31 Å². The van der Waals surface area contributed by atoms with E-state index in [0.717, 1.165) is 24.0 Å². The van der Waals surface area contributed by atoms with Crippen molar-refractivity contribution in [1.29, 1.82) is 0 Å². The van der Waals surface area contributed by atoms with Gasteiger partial charge in [-0.3, -0.25) is 4.79 Å². The van der Waals surface area contributed by atoms with Crippen LogP contribution in [-0.2, 0) is 27.8 Å². The Kier molecular flexibility index (Phi) is 8.25. The molecule has 5 rings (SSSR count). The van der Waals surface area contributed by atoms with Crippen molar-refractivity contribution in [2.24, 2.45) is 0 Å². The predicted molar refractivity (Wildman–Crippen MR) is 133 cm³/mol. The lowest BCUT2D eigenvalue weighted by Gasteiger charge is -2.39. The quantitative estimate of drug-likeness (QED) is 0.419. The lowest BCUT2D eigenvalue weighted by atomic mass is 10.1. The molecule has 0 saturated carbocycles. The van der Waals surface area contributed by atoms with Gasteiger partial charge in [-0.15, -0.1) is 0 Å². The summed E-state index contributed by atoms with van der Waals surface area (Å²) in [7, 11) is -3.75. The molecule has 1 aromatic carbocycles.